The zero-order chi connectivity index (χ0) is 22.5. The second kappa shape index (κ2) is 10.1. The summed E-state index contributed by atoms with van der Waals surface area (Å²) in [5, 5.41) is 4.85. The maximum atomic E-state index is 13.2. The van der Waals surface area contributed by atoms with Gasteiger partial charge in [0.1, 0.15) is 5.25 Å². The Morgan fingerprint density at radius 3 is 2.69 bits per heavy atom. The highest BCUT2D eigenvalue weighted by molar-refractivity contribution is 8.15. The minimum Gasteiger partial charge on any atom is -0.309 e. The molecule has 1 aliphatic rings. The first-order chi connectivity index (χ1) is 15.5. The van der Waals surface area contributed by atoms with E-state index in [2.05, 4.69) is 21.4 Å². The van der Waals surface area contributed by atoms with Gasteiger partial charge in [0.2, 0.25) is 11.8 Å². The predicted molar refractivity (Wildman–Crippen MR) is 129 cm³/mol. The molecule has 2 amide bonds. The molecule has 0 spiro atoms. The lowest BCUT2D eigenvalue weighted by Crippen LogP contribution is -2.35. The lowest BCUT2D eigenvalue weighted by Gasteiger charge is -2.16. The van der Waals surface area contributed by atoms with E-state index in [1.807, 2.05) is 43.5 Å². The van der Waals surface area contributed by atoms with Crippen molar-refractivity contribution in [1.29, 1.82) is 0 Å². The molecule has 1 aromatic carbocycles. The van der Waals surface area contributed by atoms with Crippen LogP contribution in [0.2, 0.25) is 0 Å². The second-order valence-electron chi connectivity index (χ2n) is 7.40. The van der Waals surface area contributed by atoms with Crippen LogP contribution in [0.25, 0.3) is 0 Å². The van der Waals surface area contributed by atoms with Crippen LogP contribution in [0.1, 0.15) is 22.4 Å². The molecule has 0 saturated carbocycles. The fraction of sp³-hybridized carbons (Fsp3) is 0.261. The van der Waals surface area contributed by atoms with Crippen LogP contribution in [0.5, 0.6) is 0 Å². The molecule has 4 rings (SSSR count). The minimum absolute atomic E-state index is 0.0430. The average Bonchev–Trinajstić information content (AvgIpc) is 3.39. The van der Waals surface area contributed by atoms with E-state index in [4.69, 9.17) is 4.99 Å². The van der Waals surface area contributed by atoms with Crippen LogP contribution >= 0.6 is 23.1 Å². The standard InChI is InChI=1S/C23H23N5O2S2/c1-15-5-3-6-16(2)21(15)27-23-28(11-8-17-7-4-12-31-17)22(30)18(32-23)13-20(29)26-19-14-24-9-10-25-19/h3-7,9-10,12,14,18H,8,11,13H2,1-2H3,(H,25,26,29). The third-order valence-corrected chi connectivity index (χ3v) is 7.14. The van der Waals surface area contributed by atoms with Crippen molar-refractivity contribution in [2.75, 3.05) is 11.9 Å². The molecule has 164 valence electrons. The van der Waals surface area contributed by atoms with Crippen LogP contribution in [-0.4, -0.2) is 43.6 Å². The first-order valence-electron chi connectivity index (χ1n) is 10.2. The number of para-hydroxylation sites is 1. The van der Waals surface area contributed by atoms with E-state index in [0.717, 1.165) is 23.2 Å². The summed E-state index contributed by atoms with van der Waals surface area (Å²) in [7, 11) is 0. The second-order valence-corrected chi connectivity index (χ2v) is 9.61. The van der Waals surface area contributed by atoms with E-state index < -0.39 is 5.25 Å². The highest BCUT2D eigenvalue weighted by Gasteiger charge is 2.39. The molecule has 9 heteroatoms. The normalized spacial score (nSPS) is 17.2. The Labute approximate surface area is 195 Å². The van der Waals surface area contributed by atoms with Crippen LogP contribution in [0.4, 0.5) is 11.5 Å². The largest absolute Gasteiger partial charge is 0.309 e. The number of nitrogens with one attached hydrogen (secondary N) is 1. The van der Waals surface area contributed by atoms with Crippen molar-refractivity contribution >= 4 is 51.6 Å². The maximum absolute atomic E-state index is 13.2. The smallest absolute Gasteiger partial charge is 0.242 e. The molecular formula is C23H23N5O2S2. The number of amides is 2. The number of thioether (sulfide) groups is 1. The van der Waals surface area contributed by atoms with Gasteiger partial charge in [-0.1, -0.05) is 36.0 Å². The first kappa shape index (κ1) is 22.2. The van der Waals surface area contributed by atoms with Crippen molar-refractivity contribution in [3.05, 3.63) is 70.3 Å². The number of nitrogens with zero attached hydrogens (tertiary/aromatic N) is 4. The number of benzene rings is 1. The molecular weight excluding hydrogens is 442 g/mol. The summed E-state index contributed by atoms with van der Waals surface area (Å²) in [5.74, 6) is 0.000594. The van der Waals surface area contributed by atoms with Gasteiger partial charge in [-0.2, -0.15) is 0 Å². The average molecular weight is 466 g/mol. The number of thiophene rings is 1. The molecule has 0 radical (unpaired) electrons. The van der Waals surface area contributed by atoms with Gasteiger partial charge in [0.25, 0.3) is 0 Å². The summed E-state index contributed by atoms with van der Waals surface area (Å²) in [4.78, 5) is 41.6. The van der Waals surface area contributed by atoms with Gasteiger partial charge in [0, 0.05) is 30.2 Å². The molecule has 2 aromatic heterocycles. The number of hydrogen-bond acceptors (Lipinski definition) is 7. The van der Waals surface area contributed by atoms with Crippen LogP contribution in [-0.2, 0) is 16.0 Å². The molecule has 7 nitrogen and oxygen atoms in total. The van der Waals surface area contributed by atoms with Crippen molar-refractivity contribution in [2.24, 2.45) is 4.99 Å². The van der Waals surface area contributed by atoms with Crippen LogP contribution < -0.4 is 5.32 Å². The van der Waals surface area contributed by atoms with E-state index >= 15 is 0 Å². The number of aromatic nitrogens is 2. The van der Waals surface area contributed by atoms with Crippen LogP contribution in [0, 0.1) is 13.8 Å². The van der Waals surface area contributed by atoms with Crippen molar-refractivity contribution in [3.8, 4) is 0 Å². The summed E-state index contributed by atoms with van der Waals surface area (Å²) in [6.07, 6.45) is 5.30. The summed E-state index contributed by atoms with van der Waals surface area (Å²) in [6, 6.07) is 10.1. The molecule has 1 unspecified atom stereocenters. The monoisotopic (exact) mass is 465 g/mol. The Kier molecular flexibility index (Phi) is 6.96. The molecule has 3 aromatic rings. The number of rotatable bonds is 7. The number of anilines is 1. The summed E-state index contributed by atoms with van der Waals surface area (Å²) in [5.41, 5.74) is 2.97. The van der Waals surface area contributed by atoms with Gasteiger partial charge in [0.15, 0.2) is 11.0 Å². The van der Waals surface area contributed by atoms with E-state index in [-0.39, 0.29) is 18.2 Å². The zero-order valence-electron chi connectivity index (χ0n) is 17.8. The number of carbonyl (C=O) groups excluding carboxylic acids is 2. The van der Waals surface area contributed by atoms with E-state index in [1.165, 1.54) is 35.2 Å². The number of aryl methyl sites for hydroxylation is 2. The van der Waals surface area contributed by atoms with E-state index in [1.54, 1.807) is 16.2 Å². The Hall–Kier alpha value is -3.04. The summed E-state index contributed by atoms with van der Waals surface area (Å²) >= 11 is 3.02. The van der Waals surface area contributed by atoms with Crippen molar-refractivity contribution < 1.29 is 9.59 Å². The highest BCUT2D eigenvalue weighted by Crippen LogP contribution is 2.34. The van der Waals surface area contributed by atoms with Crippen LogP contribution in [0.3, 0.4) is 0 Å². The SMILES string of the molecule is Cc1cccc(C)c1N=C1SC(CC(=O)Nc2cnccn2)C(=O)N1CCc1cccs1. The Balaban J connectivity index is 1.54. The topological polar surface area (TPSA) is 87.5 Å². The van der Waals surface area contributed by atoms with Crippen molar-refractivity contribution in [2.45, 2.75) is 31.9 Å². The van der Waals surface area contributed by atoms with Crippen molar-refractivity contribution in [3.63, 3.8) is 0 Å². The highest BCUT2D eigenvalue weighted by atomic mass is 32.2. The van der Waals surface area contributed by atoms with Gasteiger partial charge in [0.05, 0.1) is 11.9 Å². The fourth-order valence-corrected chi connectivity index (χ4v) is 5.28. The lowest BCUT2D eigenvalue weighted by atomic mass is 10.1. The fourth-order valence-electron chi connectivity index (χ4n) is 3.41. The summed E-state index contributed by atoms with van der Waals surface area (Å²) in [6.45, 7) is 4.55. The van der Waals surface area contributed by atoms with Gasteiger partial charge in [-0.25, -0.2) is 9.98 Å². The van der Waals surface area contributed by atoms with Gasteiger partial charge in [-0.3, -0.25) is 19.5 Å². The molecule has 3 heterocycles. The van der Waals surface area contributed by atoms with Crippen LogP contribution in [0.15, 0.2) is 59.3 Å². The predicted octanol–water partition coefficient (Wildman–Crippen LogP) is 4.36. The van der Waals surface area contributed by atoms with E-state index in [9.17, 15) is 9.59 Å². The number of carbonyl (C=O) groups is 2. The third kappa shape index (κ3) is 5.23. The molecule has 0 aliphatic carbocycles. The van der Waals surface area contributed by atoms with Gasteiger partial charge < -0.3 is 5.32 Å². The number of hydrogen-bond donors (Lipinski definition) is 1. The van der Waals surface area contributed by atoms with Gasteiger partial charge in [-0.05, 0) is 42.8 Å². The molecule has 1 saturated heterocycles. The Morgan fingerprint density at radius 2 is 2.00 bits per heavy atom. The molecule has 1 fully saturated rings. The first-order valence-corrected chi connectivity index (χ1v) is 12.0. The van der Waals surface area contributed by atoms with Crippen molar-refractivity contribution in [1.82, 2.24) is 14.9 Å². The molecule has 1 atom stereocenters. The lowest BCUT2D eigenvalue weighted by molar-refractivity contribution is -0.128. The summed E-state index contributed by atoms with van der Waals surface area (Å²) < 4.78 is 0. The zero-order valence-corrected chi connectivity index (χ0v) is 19.4. The Bertz CT molecular complexity index is 1110. The molecule has 1 N–H and O–H groups in total. The maximum Gasteiger partial charge on any atom is 0.242 e. The van der Waals surface area contributed by atoms with Gasteiger partial charge in [-0.15, -0.1) is 11.3 Å². The molecule has 32 heavy (non-hydrogen) atoms. The molecule has 0 bridgehead atoms. The Morgan fingerprint density at radius 1 is 1.19 bits per heavy atom. The number of amidine groups is 1. The minimum atomic E-state index is -0.530. The molecule has 1 aliphatic heterocycles. The quantitative estimate of drug-likeness (QED) is 0.560. The number of aliphatic imine (C=N–C) groups is 1. The third-order valence-electron chi connectivity index (χ3n) is 5.03. The van der Waals surface area contributed by atoms with E-state index in [0.29, 0.717) is 17.5 Å². The van der Waals surface area contributed by atoms with Gasteiger partial charge >= 0.3 is 0 Å².